The highest BCUT2D eigenvalue weighted by molar-refractivity contribution is 8.15. The molecule has 0 bridgehead atoms. The summed E-state index contributed by atoms with van der Waals surface area (Å²) in [6.45, 7) is 0.733. The molecule has 0 radical (unpaired) electrons. The van der Waals surface area contributed by atoms with Gasteiger partial charge in [-0.25, -0.2) is 8.78 Å². The number of nitrogens with zero attached hydrogens (tertiary/aromatic N) is 2. The van der Waals surface area contributed by atoms with Crippen molar-refractivity contribution in [1.29, 1.82) is 0 Å². The van der Waals surface area contributed by atoms with E-state index in [2.05, 4.69) is 5.10 Å². The van der Waals surface area contributed by atoms with Gasteiger partial charge < -0.3 is 15.6 Å². The first kappa shape index (κ1) is 21.4. The van der Waals surface area contributed by atoms with Crippen LogP contribution < -0.4 is 5.73 Å². The molecule has 2 atom stereocenters. The van der Waals surface area contributed by atoms with Crippen LogP contribution in [0.2, 0.25) is 0 Å². The first-order valence-corrected chi connectivity index (χ1v) is 10.2. The van der Waals surface area contributed by atoms with Gasteiger partial charge in [-0.15, -0.1) is 0 Å². The van der Waals surface area contributed by atoms with Gasteiger partial charge in [-0.05, 0) is 49.6 Å². The van der Waals surface area contributed by atoms with Crippen molar-refractivity contribution < 1.29 is 18.7 Å². The minimum absolute atomic E-state index is 0.0847. The van der Waals surface area contributed by atoms with Crippen molar-refractivity contribution >= 4 is 23.1 Å². The zero-order valence-electron chi connectivity index (χ0n) is 15.8. The number of hydrogen-bond acceptors (Lipinski definition) is 6. The van der Waals surface area contributed by atoms with Crippen LogP contribution in [-0.2, 0) is 9.67 Å². The Morgan fingerprint density at radius 3 is 2.69 bits per heavy atom. The van der Waals surface area contributed by atoms with E-state index in [9.17, 15) is 18.7 Å². The first-order valence-electron chi connectivity index (χ1n) is 9.40. The van der Waals surface area contributed by atoms with Gasteiger partial charge in [0.2, 0.25) is 0 Å². The Bertz CT molecular complexity index is 881. The fourth-order valence-corrected chi connectivity index (χ4v) is 4.78. The van der Waals surface area contributed by atoms with E-state index in [0.717, 1.165) is 23.8 Å². The maximum absolute atomic E-state index is 14.4. The van der Waals surface area contributed by atoms with Gasteiger partial charge in [0.15, 0.2) is 0 Å². The van der Waals surface area contributed by atoms with Crippen LogP contribution in [0.25, 0.3) is 0 Å². The van der Waals surface area contributed by atoms with Crippen molar-refractivity contribution in [2.75, 3.05) is 13.1 Å². The lowest BCUT2D eigenvalue weighted by atomic mass is 10.00. The van der Waals surface area contributed by atoms with Gasteiger partial charge in [0.25, 0.3) is 0 Å². The van der Waals surface area contributed by atoms with Gasteiger partial charge in [0.1, 0.15) is 33.9 Å². The Morgan fingerprint density at radius 1 is 1.24 bits per heavy atom. The van der Waals surface area contributed by atoms with E-state index in [1.54, 1.807) is 5.01 Å². The van der Waals surface area contributed by atoms with Crippen LogP contribution in [0.5, 0.6) is 0 Å². The second kappa shape index (κ2) is 9.47. The van der Waals surface area contributed by atoms with Crippen molar-refractivity contribution in [3.8, 4) is 0 Å². The molecule has 1 aliphatic rings. The lowest BCUT2D eigenvalue weighted by molar-refractivity contribution is -0.115. The summed E-state index contributed by atoms with van der Waals surface area (Å²) in [4.78, 5) is 10.2. The lowest BCUT2D eigenvalue weighted by Gasteiger charge is -2.37. The summed E-state index contributed by atoms with van der Waals surface area (Å²) < 4.78 is 28.2. The normalized spacial score (nSPS) is 19.9. The summed E-state index contributed by atoms with van der Waals surface area (Å²) >= 11 is 1.34. The number of rotatable bonds is 9. The van der Waals surface area contributed by atoms with Crippen LogP contribution in [0.1, 0.15) is 30.4 Å². The minimum Gasteiger partial charge on any atom is -0.386 e. The van der Waals surface area contributed by atoms with Crippen LogP contribution in [0.3, 0.4) is 0 Å². The number of aldehydes is 1. The lowest BCUT2D eigenvalue weighted by Crippen LogP contribution is -2.39. The second-order valence-electron chi connectivity index (χ2n) is 6.79. The molecule has 8 heteroatoms. The average molecular weight is 419 g/mol. The predicted octanol–water partition coefficient (Wildman–Crippen LogP) is 3.22. The molecule has 3 rings (SSSR count). The van der Waals surface area contributed by atoms with Crippen molar-refractivity contribution in [3.05, 3.63) is 71.3 Å². The maximum Gasteiger partial charge on any atom is 0.148 e. The molecule has 3 N–H and O–H groups in total. The number of carbonyl (C=O) groups is 1. The zero-order valence-corrected chi connectivity index (χ0v) is 16.6. The Morgan fingerprint density at radius 2 is 2.00 bits per heavy atom. The monoisotopic (exact) mass is 419 g/mol. The molecular weight excluding hydrogens is 396 g/mol. The van der Waals surface area contributed by atoms with Crippen LogP contribution in [0, 0.1) is 11.6 Å². The highest BCUT2D eigenvalue weighted by atomic mass is 32.2. The third-order valence-electron chi connectivity index (χ3n) is 4.79. The molecule has 0 aliphatic carbocycles. The van der Waals surface area contributed by atoms with Crippen molar-refractivity contribution in [2.45, 2.75) is 30.2 Å². The molecule has 0 aromatic heterocycles. The molecule has 2 aromatic carbocycles. The van der Waals surface area contributed by atoms with Crippen LogP contribution in [-0.4, -0.2) is 40.6 Å². The number of hydrazone groups is 1. The Labute approximate surface area is 172 Å². The standard InChI is InChI=1S/C21H23F2N3O2S/c22-16-7-8-19(23)18(13-16)20-25-26(12-9-17(28)14-27)21(29-20,10-4-11-24)15-5-2-1-3-6-15/h1-3,5-8,13-14,17,28H,4,9-12,24H2/t17?,21-/m0/s1. The molecule has 0 spiro atoms. The van der Waals surface area contributed by atoms with Crippen LogP contribution >= 0.6 is 11.8 Å². The first-order chi connectivity index (χ1) is 14.0. The number of carbonyl (C=O) groups excluding carboxylic acids is 1. The number of halogens is 2. The number of benzene rings is 2. The van der Waals surface area contributed by atoms with E-state index in [1.807, 2.05) is 30.3 Å². The van der Waals surface area contributed by atoms with E-state index in [-0.39, 0.29) is 18.5 Å². The number of aliphatic hydroxyl groups excluding tert-OH is 1. The molecule has 0 fully saturated rings. The van der Waals surface area contributed by atoms with Gasteiger partial charge in [-0.3, -0.25) is 5.01 Å². The Kier molecular flexibility index (Phi) is 7.00. The second-order valence-corrected chi connectivity index (χ2v) is 8.06. The third kappa shape index (κ3) is 4.66. The molecule has 5 nitrogen and oxygen atoms in total. The van der Waals surface area contributed by atoms with Gasteiger partial charge >= 0.3 is 0 Å². The van der Waals surface area contributed by atoms with E-state index in [4.69, 9.17) is 5.73 Å². The minimum atomic E-state index is -1.12. The van der Waals surface area contributed by atoms with E-state index in [0.29, 0.717) is 30.7 Å². The van der Waals surface area contributed by atoms with Crippen molar-refractivity contribution in [2.24, 2.45) is 10.8 Å². The molecule has 29 heavy (non-hydrogen) atoms. The van der Waals surface area contributed by atoms with E-state index < -0.39 is 22.6 Å². The number of aliphatic hydroxyl groups is 1. The molecule has 0 amide bonds. The fourth-order valence-electron chi connectivity index (χ4n) is 3.32. The van der Waals surface area contributed by atoms with Gasteiger partial charge in [-0.2, -0.15) is 5.10 Å². The molecule has 2 aromatic rings. The number of nitrogens with two attached hydrogens (primary N) is 1. The molecule has 1 aliphatic heterocycles. The summed E-state index contributed by atoms with van der Waals surface area (Å²) in [6, 6.07) is 12.9. The fraction of sp³-hybridized carbons (Fsp3) is 0.333. The highest BCUT2D eigenvalue weighted by Crippen LogP contribution is 2.50. The highest BCUT2D eigenvalue weighted by Gasteiger charge is 2.45. The average Bonchev–Trinajstić information content (AvgIpc) is 3.12. The summed E-state index contributed by atoms with van der Waals surface area (Å²) in [5.74, 6) is -1.11. The summed E-state index contributed by atoms with van der Waals surface area (Å²) in [6.07, 6.45) is 0.823. The summed E-state index contributed by atoms with van der Waals surface area (Å²) in [5.41, 5.74) is 6.79. The zero-order chi connectivity index (χ0) is 20.9. The topological polar surface area (TPSA) is 78.9 Å². The molecule has 154 valence electrons. The quantitative estimate of drug-likeness (QED) is 0.610. The number of thioether (sulfide) groups is 1. The maximum atomic E-state index is 14.4. The molecule has 0 saturated heterocycles. The largest absolute Gasteiger partial charge is 0.386 e. The van der Waals surface area contributed by atoms with E-state index in [1.165, 1.54) is 11.8 Å². The smallest absolute Gasteiger partial charge is 0.148 e. The van der Waals surface area contributed by atoms with Gasteiger partial charge in [0.05, 0.1) is 0 Å². The van der Waals surface area contributed by atoms with Crippen LogP contribution in [0.15, 0.2) is 53.6 Å². The van der Waals surface area contributed by atoms with Crippen molar-refractivity contribution in [1.82, 2.24) is 5.01 Å². The van der Waals surface area contributed by atoms with E-state index >= 15 is 0 Å². The Balaban J connectivity index is 2.04. The predicted molar refractivity (Wildman–Crippen MR) is 110 cm³/mol. The molecule has 1 heterocycles. The SMILES string of the molecule is NCCC[C@@]1(c2ccccc2)SC(c2cc(F)ccc2F)=NN1CCC(O)C=O. The molecule has 0 saturated carbocycles. The van der Waals surface area contributed by atoms with Gasteiger partial charge in [0, 0.05) is 12.1 Å². The van der Waals surface area contributed by atoms with Crippen molar-refractivity contribution in [3.63, 3.8) is 0 Å². The number of hydrogen-bond donors (Lipinski definition) is 2. The Hall–Kier alpha value is -2.29. The molecular formula is C21H23F2N3O2S. The third-order valence-corrected chi connectivity index (χ3v) is 6.27. The van der Waals surface area contributed by atoms with Crippen LogP contribution in [0.4, 0.5) is 8.78 Å². The van der Waals surface area contributed by atoms with Gasteiger partial charge in [-0.1, -0.05) is 42.1 Å². The summed E-state index contributed by atoms with van der Waals surface area (Å²) in [5, 5.41) is 16.4. The summed E-state index contributed by atoms with van der Waals surface area (Å²) in [7, 11) is 0. The molecule has 1 unspecified atom stereocenters.